The Bertz CT molecular complexity index is 972. The molecule has 1 aliphatic heterocycles. The molecular weight excluding hydrogens is 362 g/mol. The van der Waals surface area contributed by atoms with Gasteiger partial charge in [0.1, 0.15) is 17.4 Å². The summed E-state index contributed by atoms with van der Waals surface area (Å²) in [6.07, 6.45) is 4.58. The topological polar surface area (TPSA) is 75.8 Å². The van der Waals surface area contributed by atoms with Crippen LogP contribution in [0.5, 0.6) is 0 Å². The fourth-order valence-electron chi connectivity index (χ4n) is 4.65. The number of nitrogens with zero attached hydrogens (tertiary/aromatic N) is 2. The first kappa shape index (κ1) is 19.4. The summed E-state index contributed by atoms with van der Waals surface area (Å²) in [5.41, 5.74) is 9.27. The van der Waals surface area contributed by atoms with Crippen molar-refractivity contribution in [3.8, 4) is 0 Å². The van der Waals surface area contributed by atoms with E-state index >= 15 is 0 Å². The van der Waals surface area contributed by atoms with Crippen molar-refractivity contribution >= 4 is 17.5 Å². The average Bonchev–Trinajstić information content (AvgIpc) is 2.97. The summed E-state index contributed by atoms with van der Waals surface area (Å²) in [4.78, 5) is 33.0. The van der Waals surface area contributed by atoms with E-state index in [0.29, 0.717) is 5.71 Å². The second-order valence-electron chi connectivity index (χ2n) is 8.21. The van der Waals surface area contributed by atoms with Crippen molar-refractivity contribution in [1.29, 1.82) is 0 Å². The molecule has 1 atom stereocenters. The van der Waals surface area contributed by atoms with Crippen LogP contribution in [0.2, 0.25) is 0 Å². The molecular formula is C24H27N3O2. The molecule has 1 fully saturated rings. The summed E-state index contributed by atoms with van der Waals surface area (Å²) in [7, 11) is 0. The highest BCUT2D eigenvalue weighted by Gasteiger charge is 2.52. The summed E-state index contributed by atoms with van der Waals surface area (Å²) in [5, 5.41) is 0. The normalized spacial score (nSPS) is 19.3. The number of hydrogen-bond donors (Lipinski definition) is 1. The van der Waals surface area contributed by atoms with Crippen LogP contribution in [0.25, 0.3) is 0 Å². The Kier molecular flexibility index (Phi) is 4.99. The molecule has 2 aromatic carbocycles. The largest absolute Gasteiger partial charge is 0.368 e. The van der Waals surface area contributed by atoms with Crippen LogP contribution in [0.15, 0.2) is 53.5 Å². The van der Waals surface area contributed by atoms with E-state index in [1.807, 2.05) is 62.4 Å². The molecule has 4 rings (SSSR count). The van der Waals surface area contributed by atoms with E-state index in [2.05, 4.69) is 0 Å². The van der Waals surface area contributed by atoms with Gasteiger partial charge in [0.2, 0.25) is 5.91 Å². The van der Waals surface area contributed by atoms with Gasteiger partial charge in [0.05, 0.1) is 0 Å². The Balaban J connectivity index is 1.84. The van der Waals surface area contributed by atoms with Gasteiger partial charge in [-0.1, -0.05) is 60.5 Å². The fraction of sp³-hybridized carbons (Fsp3) is 0.375. The van der Waals surface area contributed by atoms with E-state index in [-0.39, 0.29) is 5.91 Å². The van der Waals surface area contributed by atoms with Gasteiger partial charge in [-0.05, 0) is 50.7 Å². The minimum atomic E-state index is -0.825. The summed E-state index contributed by atoms with van der Waals surface area (Å²) in [6, 6.07) is 14.6. The van der Waals surface area contributed by atoms with Crippen LogP contribution in [0.1, 0.15) is 60.4 Å². The third-order valence-corrected chi connectivity index (χ3v) is 6.18. The Morgan fingerprint density at radius 2 is 1.69 bits per heavy atom. The molecule has 1 heterocycles. The predicted molar refractivity (Wildman–Crippen MR) is 113 cm³/mol. The molecule has 2 amide bonds. The lowest BCUT2D eigenvalue weighted by Crippen LogP contribution is -2.53. The lowest BCUT2D eigenvalue weighted by molar-refractivity contribution is -0.141. The van der Waals surface area contributed by atoms with Crippen molar-refractivity contribution in [1.82, 2.24) is 4.90 Å². The van der Waals surface area contributed by atoms with Crippen molar-refractivity contribution in [2.75, 3.05) is 0 Å². The third kappa shape index (κ3) is 3.35. The molecule has 0 saturated heterocycles. The summed E-state index contributed by atoms with van der Waals surface area (Å²) >= 11 is 0. The molecule has 1 spiro atoms. The molecule has 0 radical (unpaired) electrons. The zero-order valence-electron chi connectivity index (χ0n) is 17.0. The van der Waals surface area contributed by atoms with Gasteiger partial charge in [-0.15, -0.1) is 0 Å². The first-order valence-corrected chi connectivity index (χ1v) is 10.3. The number of primary amides is 1. The minimum Gasteiger partial charge on any atom is -0.368 e. The first-order valence-electron chi connectivity index (χ1n) is 10.3. The van der Waals surface area contributed by atoms with E-state index in [1.165, 1.54) is 0 Å². The Morgan fingerprint density at radius 3 is 2.31 bits per heavy atom. The maximum Gasteiger partial charge on any atom is 0.275 e. The molecule has 0 aromatic heterocycles. The van der Waals surface area contributed by atoms with Gasteiger partial charge in [-0.25, -0.2) is 0 Å². The number of amides is 2. The first-order chi connectivity index (χ1) is 13.9. The van der Waals surface area contributed by atoms with Crippen molar-refractivity contribution < 1.29 is 9.59 Å². The molecule has 0 bridgehead atoms. The summed E-state index contributed by atoms with van der Waals surface area (Å²) in [6.45, 7) is 3.96. The van der Waals surface area contributed by atoms with Crippen LogP contribution < -0.4 is 5.73 Å². The number of carbonyl (C=O) groups is 2. The average molecular weight is 389 g/mol. The second-order valence-corrected chi connectivity index (χ2v) is 8.21. The van der Waals surface area contributed by atoms with Gasteiger partial charge >= 0.3 is 0 Å². The number of aliphatic imine (C=N–C) groups is 1. The van der Waals surface area contributed by atoms with Gasteiger partial charge in [0, 0.05) is 5.56 Å². The molecule has 150 valence electrons. The molecule has 2 aromatic rings. The third-order valence-electron chi connectivity index (χ3n) is 6.18. The van der Waals surface area contributed by atoms with Crippen LogP contribution in [-0.2, 0) is 9.59 Å². The van der Waals surface area contributed by atoms with Crippen molar-refractivity contribution in [3.63, 3.8) is 0 Å². The fourth-order valence-corrected chi connectivity index (χ4v) is 4.65. The smallest absolute Gasteiger partial charge is 0.275 e. The van der Waals surface area contributed by atoms with Crippen molar-refractivity contribution in [3.05, 3.63) is 70.8 Å². The summed E-state index contributed by atoms with van der Waals surface area (Å²) in [5.74, 6) is -0.722. The molecule has 5 nitrogen and oxygen atoms in total. The zero-order valence-corrected chi connectivity index (χ0v) is 17.0. The lowest BCUT2D eigenvalue weighted by atomic mass is 9.86. The van der Waals surface area contributed by atoms with E-state index in [0.717, 1.165) is 54.4 Å². The van der Waals surface area contributed by atoms with Crippen LogP contribution in [0, 0.1) is 13.8 Å². The Hall–Kier alpha value is -2.95. The van der Waals surface area contributed by atoms with Crippen LogP contribution in [0.4, 0.5) is 0 Å². The van der Waals surface area contributed by atoms with Gasteiger partial charge in [-0.2, -0.15) is 0 Å². The van der Waals surface area contributed by atoms with Crippen LogP contribution in [-0.4, -0.2) is 28.1 Å². The van der Waals surface area contributed by atoms with Gasteiger partial charge in [0.15, 0.2) is 0 Å². The second kappa shape index (κ2) is 7.47. The SMILES string of the molecule is Cc1ccc(C2=NC3(CCCCC3)N(C(C(N)=O)c3ccccc3C)C2=O)cc1. The van der Waals surface area contributed by atoms with Crippen LogP contribution >= 0.6 is 0 Å². The number of nitrogens with two attached hydrogens (primary N) is 1. The van der Waals surface area contributed by atoms with Crippen LogP contribution in [0.3, 0.4) is 0 Å². The van der Waals surface area contributed by atoms with Gasteiger partial charge < -0.3 is 5.73 Å². The maximum atomic E-state index is 13.7. The quantitative estimate of drug-likeness (QED) is 0.863. The molecule has 1 unspecified atom stereocenters. The number of hydrogen-bond acceptors (Lipinski definition) is 3. The number of aryl methyl sites for hydroxylation is 2. The van der Waals surface area contributed by atoms with E-state index < -0.39 is 17.6 Å². The van der Waals surface area contributed by atoms with Gasteiger partial charge in [0.25, 0.3) is 5.91 Å². The molecule has 1 saturated carbocycles. The molecule has 5 heteroatoms. The highest BCUT2D eigenvalue weighted by Crippen LogP contribution is 2.44. The van der Waals surface area contributed by atoms with Gasteiger partial charge in [-0.3, -0.25) is 19.5 Å². The molecule has 2 aliphatic rings. The Labute approximate surface area is 171 Å². The maximum absolute atomic E-state index is 13.7. The predicted octanol–water partition coefficient (Wildman–Crippen LogP) is 3.82. The highest BCUT2D eigenvalue weighted by atomic mass is 16.2. The molecule has 2 N–H and O–H groups in total. The molecule has 29 heavy (non-hydrogen) atoms. The Morgan fingerprint density at radius 1 is 1.03 bits per heavy atom. The van der Waals surface area contributed by atoms with E-state index in [1.54, 1.807) is 4.90 Å². The lowest BCUT2D eigenvalue weighted by Gasteiger charge is -2.42. The number of carbonyl (C=O) groups excluding carboxylic acids is 2. The van der Waals surface area contributed by atoms with Crippen molar-refractivity contribution in [2.24, 2.45) is 10.7 Å². The van der Waals surface area contributed by atoms with E-state index in [4.69, 9.17) is 10.7 Å². The summed E-state index contributed by atoms with van der Waals surface area (Å²) < 4.78 is 0. The van der Waals surface area contributed by atoms with E-state index in [9.17, 15) is 9.59 Å². The molecule has 1 aliphatic carbocycles. The monoisotopic (exact) mass is 389 g/mol. The number of rotatable bonds is 4. The highest BCUT2D eigenvalue weighted by molar-refractivity contribution is 6.47. The zero-order chi connectivity index (χ0) is 20.6. The minimum absolute atomic E-state index is 0.206. The standard InChI is InChI=1S/C24H27N3O2/c1-16-10-12-18(13-11-16)20-23(29)27(24(26-20)14-6-3-7-15-24)21(22(25)28)19-9-5-4-8-17(19)2/h4-5,8-13,21H,3,6-7,14-15H2,1-2H3,(H2,25,28). The van der Waals surface area contributed by atoms with Crippen molar-refractivity contribution in [2.45, 2.75) is 57.7 Å². The number of benzene rings is 2.